The molecule has 0 rings (SSSR count). The van der Waals surface area contributed by atoms with Crippen LogP contribution in [0.1, 0.15) is 271 Å². The van der Waals surface area contributed by atoms with Crippen molar-refractivity contribution >= 4 is 17.9 Å². The van der Waals surface area contributed by atoms with Gasteiger partial charge in [-0.2, -0.15) is 0 Å². The fourth-order valence-electron chi connectivity index (χ4n) is 7.75. The van der Waals surface area contributed by atoms with E-state index in [0.717, 1.165) is 70.6 Å². The second-order valence-corrected chi connectivity index (χ2v) is 18.1. The number of carbonyl (C=O) groups is 3. The fraction of sp³-hybridized carbons (Fsp3) is 0.776. The molecule has 0 aromatic carbocycles. The number of allylic oxidation sites excluding steroid dienone is 9. The Kier molecular flexibility index (Phi) is 50.4. The number of hydrogen-bond donors (Lipinski definition) is 0. The maximum atomic E-state index is 12.7. The van der Waals surface area contributed by atoms with E-state index in [0.29, 0.717) is 12.8 Å². The number of rotatable bonds is 49. The number of carbonyl (C=O) groups excluding carboxylic acids is 3. The lowest BCUT2D eigenvalue weighted by Crippen LogP contribution is -2.30. The van der Waals surface area contributed by atoms with Gasteiger partial charge >= 0.3 is 17.9 Å². The van der Waals surface area contributed by atoms with Crippen LogP contribution in [0.5, 0.6) is 0 Å². The molecule has 0 fully saturated rings. The molecular weight excluding hydrogens is 793 g/mol. The molecule has 0 saturated heterocycles. The smallest absolute Gasteiger partial charge is 0.310 e. The summed E-state index contributed by atoms with van der Waals surface area (Å²) < 4.78 is 16.7. The van der Waals surface area contributed by atoms with Crippen LogP contribution in [-0.2, 0) is 28.6 Å². The first-order chi connectivity index (χ1) is 31.5. The van der Waals surface area contributed by atoms with Gasteiger partial charge in [-0.1, -0.05) is 268 Å². The molecule has 0 aliphatic rings. The molecular formula is C58H102O6. The van der Waals surface area contributed by atoms with Gasteiger partial charge in [-0.15, -0.1) is 0 Å². The lowest BCUT2D eigenvalue weighted by atomic mass is 10.0. The van der Waals surface area contributed by atoms with E-state index in [2.05, 4.69) is 69.4 Å². The number of ether oxygens (including phenoxy) is 3. The summed E-state index contributed by atoms with van der Waals surface area (Å²) in [4.78, 5) is 37.8. The van der Waals surface area contributed by atoms with Crippen LogP contribution in [0.3, 0.4) is 0 Å². The third-order valence-electron chi connectivity index (χ3n) is 11.8. The van der Waals surface area contributed by atoms with Crippen LogP contribution < -0.4 is 0 Å². The summed E-state index contributed by atoms with van der Waals surface area (Å²) in [5, 5.41) is 0. The van der Waals surface area contributed by atoms with Gasteiger partial charge < -0.3 is 14.2 Å². The Hall–Kier alpha value is -2.89. The van der Waals surface area contributed by atoms with Gasteiger partial charge in [0.15, 0.2) is 6.10 Å². The third kappa shape index (κ3) is 50.1. The maximum Gasteiger partial charge on any atom is 0.310 e. The highest BCUT2D eigenvalue weighted by Crippen LogP contribution is 2.16. The molecule has 0 aliphatic heterocycles. The molecule has 0 bridgehead atoms. The molecule has 0 saturated carbocycles. The number of unbranched alkanes of at least 4 members (excludes halogenated alkanes) is 29. The van der Waals surface area contributed by atoms with Crippen LogP contribution in [0, 0.1) is 0 Å². The molecule has 6 nitrogen and oxygen atoms in total. The summed E-state index contributed by atoms with van der Waals surface area (Å²) in [5.74, 6) is -1.04. The van der Waals surface area contributed by atoms with Crippen LogP contribution >= 0.6 is 0 Å². The SMILES string of the molecule is CC/C=C\C/C=C\C/C=C\C/C=C\C/C=C\CC(=O)OC(COC(=O)CCCCCCCCCC)COC(=O)CCCCCCCCCCCCCCCCCCCCCCCCC. The van der Waals surface area contributed by atoms with Gasteiger partial charge in [0.2, 0.25) is 0 Å². The van der Waals surface area contributed by atoms with Gasteiger partial charge in [-0.05, 0) is 44.9 Å². The van der Waals surface area contributed by atoms with Crippen molar-refractivity contribution in [2.45, 2.75) is 277 Å². The minimum absolute atomic E-state index is 0.101. The second-order valence-electron chi connectivity index (χ2n) is 18.1. The van der Waals surface area contributed by atoms with E-state index in [9.17, 15) is 14.4 Å². The third-order valence-corrected chi connectivity index (χ3v) is 11.8. The van der Waals surface area contributed by atoms with E-state index in [1.54, 1.807) is 6.08 Å². The minimum Gasteiger partial charge on any atom is -0.462 e. The fourth-order valence-corrected chi connectivity index (χ4v) is 7.75. The molecule has 0 N–H and O–H groups in total. The van der Waals surface area contributed by atoms with Crippen LogP contribution in [0.15, 0.2) is 60.8 Å². The first kappa shape index (κ1) is 61.1. The summed E-state index contributed by atoms with van der Waals surface area (Å²) >= 11 is 0. The normalized spacial score (nSPS) is 12.5. The van der Waals surface area contributed by atoms with Crippen molar-refractivity contribution in [1.82, 2.24) is 0 Å². The summed E-state index contributed by atoms with van der Waals surface area (Å²) in [6.45, 7) is 6.43. The molecule has 370 valence electrons. The van der Waals surface area contributed by atoms with Crippen molar-refractivity contribution < 1.29 is 28.6 Å². The van der Waals surface area contributed by atoms with Crippen molar-refractivity contribution in [2.75, 3.05) is 13.2 Å². The quantitative estimate of drug-likeness (QED) is 0.0262. The van der Waals surface area contributed by atoms with Crippen molar-refractivity contribution in [3.05, 3.63) is 60.8 Å². The molecule has 0 radical (unpaired) electrons. The van der Waals surface area contributed by atoms with E-state index in [-0.39, 0.29) is 31.6 Å². The topological polar surface area (TPSA) is 78.9 Å². The molecule has 6 heteroatoms. The monoisotopic (exact) mass is 895 g/mol. The zero-order valence-electron chi connectivity index (χ0n) is 42.3. The highest BCUT2D eigenvalue weighted by molar-refractivity contribution is 5.72. The summed E-state index contributed by atoms with van der Waals surface area (Å²) in [6.07, 6.45) is 65.5. The van der Waals surface area contributed by atoms with Crippen molar-refractivity contribution in [2.24, 2.45) is 0 Å². The van der Waals surface area contributed by atoms with Crippen LogP contribution in [0.4, 0.5) is 0 Å². The Balaban J connectivity index is 4.26. The number of esters is 3. The minimum atomic E-state index is -0.823. The lowest BCUT2D eigenvalue weighted by Gasteiger charge is -2.18. The summed E-state index contributed by atoms with van der Waals surface area (Å²) in [5.41, 5.74) is 0. The predicted octanol–water partition coefficient (Wildman–Crippen LogP) is 18.0. The van der Waals surface area contributed by atoms with E-state index in [4.69, 9.17) is 14.2 Å². The summed E-state index contributed by atoms with van der Waals surface area (Å²) in [6, 6.07) is 0. The van der Waals surface area contributed by atoms with Crippen LogP contribution in [0.25, 0.3) is 0 Å². The Labute approximate surface area is 396 Å². The number of hydrogen-bond acceptors (Lipinski definition) is 6. The largest absolute Gasteiger partial charge is 0.462 e. The average molecular weight is 895 g/mol. The van der Waals surface area contributed by atoms with Crippen molar-refractivity contribution in [1.29, 1.82) is 0 Å². The highest BCUT2D eigenvalue weighted by Gasteiger charge is 2.19. The van der Waals surface area contributed by atoms with Crippen LogP contribution in [0.2, 0.25) is 0 Å². The Morgan fingerprint density at radius 3 is 0.891 bits per heavy atom. The van der Waals surface area contributed by atoms with E-state index in [1.165, 1.54) is 161 Å². The molecule has 1 unspecified atom stereocenters. The second kappa shape index (κ2) is 52.7. The molecule has 0 aromatic heterocycles. The maximum absolute atomic E-state index is 12.7. The zero-order chi connectivity index (χ0) is 46.5. The standard InChI is InChI=1S/C58H102O6/c1-4-7-10-13-16-19-21-23-25-26-27-28-29-30-31-32-34-35-37-39-42-45-48-51-57(60)63-54-55(53-62-56(59)50-47-44-41-18-15-12-9-6-3)64-58(61)52-49-46-43-40-38-36-33-24-22-20-17-14-11-8-5-2/h8,11,17,20,24,33,38,40,46,49,55H,4-7,9-10,12-16,18-19,21-23,25-32,34-37,39,41-45,47-48,50-54H2,1-3H3/b11-8-,20-17-,33-24-,40-38-,49-46-. The van der Waals surface area contributed by atoms with Gasteiger partial charge in [0, 0.05) is 12.8 Å². The molecule has 1 atom stereocenters. The molecule has 0 amide bonds. The van der Waals surface area contributed by atoms with E-state index >= 15 is 0 Å². The average Bonchev–Trinajstić information content (AvgIpc) is 3.29. The van der Waals surface area contributed by atoms with Gasteiger partial charge in [-0.25, -0.2) is 0 Å². The molecule has 0 spiro atoms. The molecule has 0 aliphatic carbocycles. The highest BCUT2D eigenvalue weighted by atomic mass is 16.6. The van der Waals surface area contributed by atoms with Gasteiger partial charge in [0.1, 0.15) is 13.2 Å². The van der Waals surface area contributed by atoms with E-state index < -0.39 is 12.1 Å². The Morgan fingerprint density at radius 1 is 0.328 bits per heavy atom. The van der Waals surface area contributed by atoms with Crippen molar-refractivity contribution in [3.8, 4) is 0 Å². The van der Waals surface area contributed by atoms with Gasteiger partial charge in [-0.3, -0.25) is 14.4 Å². The van der Waals surface area contributed by atoms with Crippen LogP contribution in [-0.4, -0.2) is 37.2 Å². The molecule has 0 aromatic rings. The first-order valence-corrected chi connectivity index (χ1v) is 27.3. The lowest BCUT2D eigenvalue weighted by molar-refractivity contribution is -0.166. The van der Waals surface area contributed by atoms with Gasteiger partial charge in [0.05, 0.1) is 6.42 Å². The Morgan fingerprint density at radius 2 is 0.594 bits per heavy atom. The van der Waals surface area contributed by atoms with Gasteiger partial charge in [0.25, 0.3) is 0 Å². The first-order valence-electron chi connectivity index (χ1n) is 27.3. The van der Waals surface area contributed by atoms with Crippen molar-refractivity contribution in [3.63, 3.8) is 0 Å². The van der Waals surface area contributed by atoms with E-state index in [1.807, 2.05) is 6.08 Å². The molecule has 64 heavy (non-hydrogen) atoms. The predicted molar refractivity (Wildman–Crippen MR) is 275 cm³/mol. The molecule has 0 heterocycles. The Bertz CT molecular complexity index is 1170. The zero-order valence-corrected chi connectivity index (χ0v) is 42.3. The summed E-state index contributed by atoms with van der Waals surface area (Å²) in [7, 11) is 0.